The number of fused-ring (bicyclic) bond motifs is 1. The molecule has 3 aliphatic rings. The van der Waals surface area contributed by atoms with E-state index < -0.39 is 12.1 Å². The zero-order valence-electron chi connectivity index (χ0n) is 15.9. The second-order valence-corrected chi connectivity index (χ2v) is 7.70. The number of likely N-dealkylation sites (tertiary alicyclic amines) is 1. The summed E-state index contributed by atoms with van der Waals surface area (Å²) in [6.45, 7) is 2.79. The van der Waals surface area contributed by atoms with Crippen LogP contribution in [0, 0.1) is 5.92 Å². The van der Waals surface area contributed by atoms with Gasteiger partial charge in [0.15, 0.2) is 0 Å². The molecule has 3 atom stereocenters. The molecule has 0 unspecified atom stereocenters. The fraction of sp³-hybridized carbons (Fsp3) is 0.684. The smallest absolute Gasteiger partial charge is 0.475 e. The average molecular weight is 418 g/mol. The molecule has 29 heavy (non-hydrogen) atoms. The lowest BCUT2D eigenvalue weighted by atomic mass is 9.90. The molecule has 1 saturated carbocycles. The van der Waals surface area contributed by atoms with Crippen LogP contribution in [0.3, 0.4) is 0 Å². The number of halogens is 3. The van der Waals surface area contributed by atoms with E-state index in [1.54, 1.807) is 6.26 Å². The number of carboxylic acid groups (broad SMARTS) is 1. The molecule has 1 aliphatic carbocycles. The maximum atomic E-state index is 12.3. The van der Waals surface area contributed by atoms with E-state index >= 15 is 0 Å². The molecule has 2 aliphatic heterocycles. The SMILES string of the molecule is O=C(NC1CCC1)[C@@H]1C[C@@H]2CCN(Cc3ccco3)C[C@@H]2O1.O=C(O)C(F)(F)F. The van der Waals surface area contributed by atoms with Crippen LogP contribution in [0.25, 0.3) is 0 Å². The third-order valence-corrected chi connectivity index (χ3v) is 5.58. The highest BCUT2D eigenvalue weighted by atomic mass is 19.4. The second-order valence-electron chi connectivity index (χ2n) is 7.70. The van der Waals surface area contributed by atoms with Gasteiger partial charge in [0.1, 0.15) is 11.9 Å². The summed E-state index contributed by atoms with van der Waals surface area (Å²) in [5, 5.41) is 10.2. The molecular weight excluding hydrogens is 393 g/mol. The van der Waals surface area contributed by atoms with Crippen molar-refractivity contribution in [2.75, 3.05) is 13.1 Å². The Morgan fingerprint density at radius 3 is 2.55 bits per heavy atom. The Morgan fingerprint density at radius 2 is 2.00 bits per heavy atom. The maximum Gasteiger partial charge on any atom is 0.490 e. The molecule has 4 rings (SSSR count). The summed E-state index contributed by atoms with van der Waals surface area (Å²) in [5.41, 5.74) is 0. The summed E-state index contributed by atoms with van der Waals surface area (Å²) in [5.74, 6) is -1.12. The minimum absolute atomic E-state index is 0.108. The molecule has 0 bridgehead atoms. The number of amides is 1. The normalized spacial score (nSPS) is 27.3. The van der Waals surface area contributed by atoms with Gasteiger partial charge in [0.25, 0.3) is 0 Å². The lowest BCUT2D eigenvalue weighted by Gasteiger charge is -2.33. The fourth-order valence-electron chi connectivity index (χ4n) is 3.78. The van der Waals surface area contributed by atoms with E-state index in [0.717, 1.165) is 51.1 Å². The van der Waals surface area contributed by atoms with Crippen molar-refractivity contribution in [1.29, 1.82) is 0 Å². The van der Waals surface area contributed by atoms with E-state index in [4.69, 9.17) is 19.1 Å². The first-order valence-electron chi connectivity index (χ1n) is 9.73. The third kappa shape index (κ3) is 5.96. The van der Waals surface area contributed by atoms with Crippen LogP contribution >= 0.6 is 0 Å². The third-order valence-electron chi connectivity index (χ3n) is 5.58. The molecule has 1 aromatic heterocycles. The number of hydrogen-bond acceptors (Lipinski definition) is 5. The Balaban J connectivity index is 0.000000298. The van der Waals surface area contributed by atoms with Gasteiger partial charge in [-0.15, -0.1) is 0 Å². The van der Waals surface area contributed by atoms with Crippen LogP contribution < -0.4 is 5.32 Å². The molecule has 1 aromatic rings. The molecule has 3 fully saturated rings. The molecule has 2 saturated heterocycles. The number of ether oxygens (including phenoxy) is 1. The molecule has 162 valence electrons. The number of carbonyl (C=O) groups excluding carboxylic acids is 1. The number of piperidine rings is 1. The summed E-state index contributed by atoms with van der Waals surface area (Å²) in [6, 6.07) is 4.33. The highest BCUT2D eigenvalue weighted by molar-refractivity contribution is 5.81. The highest BCUT2D eigenvalue weighted by Crippen LogP contribution is 2.34. The Hall–Kier alpha value is -2.07. The predicted molar refractivity (Wildman–Crippen MR) is 94.8 cm³/mol. The Kier molecular flexibility index (Phi) is 6.84. The topological polar surface area (TPSA) is 92.0 Å². The first-order chi connectivity index (χ1) is 13.7. The van der Waals surface area contributed by atoms with Crippen molar-refractivity contribution in [3.63, 3.8) is 0 Å². The zero-order valence-corrected chi connectivity index (χ0v) is 15.9. The quantitative estimate of drug-likeness (QED) is 0.781. The van der Waals surface area contributed by atoms with Gasteiger partial charge in [0.2, 0.25) is 5.91 Å². The minimum Gasteiger partial charge on any atom is -0.475 e. The zero-order chi connectivity index (χ0) is 21.0. The number of nitrogens with one attached hydrogen (secondary N) is 1. The van der Waals surface area contributed by atoms with Crippen molar-refractivity contribution in [2.24, 2.45) is 5.92 Å². The van der Waals surface area contributed by atoms with Crippen molar-refractivity contribution in [1.82, 2.24) is 10.2 Å². The molecule has 1 amide bonds. The van der Waals surface area contributed by atoms with Crippen LogP contribution in [-0.2, 0) is 20.9 Å². The van der Waals surface area contributed by atoms with E-state index in [1.807, 2.05) is 12.1 Å². The molecule has 0 aromatic carbocycles. The summed E-state index contributed by atoms with van der Waals surface area (Å²) in [4.78, 5) is 23.5. The lowest BCUT2D eigenvalue weighted by molar-refractivity contribution is -0.192. The highest BCUT2D eigenvalue weighted by Gasteiger charge is 2.42. The van der Waals surface area contributed by atoms with Gasteiger partial charge >= 0.3 is 12.1 Å². The number of carbonyl (C=O) groups is 2. The first kappa shape index (κ1) is 21.6. The maximum absolute atomic E-state index is 12.3. The van der Waals surface area contributed by atoms with E-state index in [-0.39, 0.29) is 18.1 Å². The average Bonchev–Trinajstić information content (AvgIpc) is 3.26. The molecule has 0 radical (unpaired) electrons. The van der Waals surface area contributed by atoms with Gasteiger partial charge in [-0.1, -0.05) is 0 Å². The van der Waals surface area contributed by atoms with Crippen molar-refractivity contribution >= 4 is 11.9 Å². The number of furan rings is 1. The van der Waals surface area contributed by atoms with Gasteiger partial charge in [-0.3, -0.25) is 9.69 Å². The predicted octanol–water partition coefficient (Wildman–Crippen LogP) is 2.56. The molecule has 7 nitrogen and oxygen atoms in total. The Bertz CT molecular complexity index is 691. The van der Waals surface area contributed by atoms with Gasteiger partial charge in [-0.25, -0.2) is 4.79 Å². The van der Waals surface area contributed by atoms with Gasteiger partial charge in [-0.2, -0.15) is 13.2 Å². The van der Waals surface area contributed by atoms with Gasteiger partial charge in [-0.05, 0) is 56.7 Å². The molecule has 3 heterocycles. The number of aliphatic carboxylic acids is 1. The largest absolute Gasteiger partial charge is 0.490 e. The number of nitrogens with zero attached hydrogens (tertiary/aromatic N) is 1. The summed E-state index contributed by atoms with van der Waals surface area (Å²) in [7, 11) is 0. The standard InChI is InChI=1S/C17H24N2O3.C2HF3O2/c20-17(18-13-3-1-4-13)15-9-12-6-7-19(11-16(12)22-15)10-14-5-2-8-21-14;3-2(4,5)1(6)7/h2,5,8,12-13,15-16H,1,3-4,6-7,9-11H2,(H,18,20);(H,6,7)/t12-,15-,16-;/m0./s1. The van der Waals surface area contributed by atoms with Crippen LogP contribution in [-0.4, -0.2) is 59.4 Å². The Morgan fingerprint density at radius 1 is 1.28 bits per heavy atom. The van der Waals surface area contributed by atoms with E-state index in [1.165, 1.54) is 6.42 Å². The second kappa shape index (κ2) is 9.17. The molecule has 0 spiro atoms. The number of alkyl halides is 3. The first-order valence-corrected chi connectivity index (χ1v) is 9.73. The number of rotatable bonds is 4. The summed E-state index contributed by atoms with van der Waals surface area (Å²) >= 11 is 0. The van der Waals surface area contributed by atoms with Crippen LogP contribution in [0.4, 0.5) is 13.2 Å². The number of carboxylic acids is 1. The van der Waals surface area contributed by atoms with Crippen molar-refractivity contribution in [3.05, 3.63) is 24.2 Å². The molecular formula is C19H25F3N2O5. The van der Waals surface area contributed by atoms with Crippen LogP contribution in [0.1, 0.15) is 37.9 Å². The fourth-order valence-corrected chi connectivity index (χ4v) is 3.78. The monoisotopic (exact) mass is 418 g/mol. The van der Waals surface area contributed by atoms with Crippen molar-refractivity contribution < 1.29 is 37.0 Å². The van der Waals surface area contributed by atoms with E-state index in [9.17, 15) is 18.0 Å². The van der Waals surface area contributed by atoms with E-state index in [0.29, 0.717) is 12.0 Å². The summed E-state index contributed by atoms with van der Waals surface area (Å²) in [6.07, 6.45) is 2.08. The van der Waals surface area contributed by atoms with E-state index in [2.05, 4.69) is 10.2 Å². The van der Waals surface area contributed by atoms with Gasteiger partial charge in [0.05, 0.1) is 18.9 Å². The van der Waals surface area contributed by atoms with Crippen molar-refractivity contribution in [3.8, 4) is 0 Å². The summed E-state index contributed by atoms with van der Waals surface area (Å²) < 4.78 is 43.2. The number of hydrogen-bond donors (Lipinski definition) is 2. The van der Waals surface area contributed by atoms with Crippen molar-refractivity contribution in [2.45, 2.75) is 63.1 Å². The van der Waals surface area contributed by atoms with Gasteiger partial charge in [0, 0.05) is 12.6 Å². The van der Waals surface area contributed by atoms with Crippen LogP contribution in [0.5, 0.6) is 0 Å². The van der Waals surface area contributed by atoms with Crippen LogP contribution in [0.2, 0.25) is 0 Å². The molecule has 10 heteroatoms. The lowest BCUT2D eigenvalue weighted by Crippen LogP contribution is -2.45. The van der Waals surface area contributed by atoms with Gasteiger partial charge < -0.3 is 19.6 Å². The minimum atomic E-state index is -5.08. The molecule has 2 N–H and O–H groups in total. The Labute approximate surface area is 166 Å². The van der Waals surface area contributed by atoms with Crippen LogP contribution in [0.15, 0.2) is 22.8 Å².